The third-order valence-electron chi connectivity index (χ3n) is 6.81. The predicted octanol–water partition coefficient (Wildman–Crippen LogP) is 3.80. The molecular weight excluding hydrogens is 702 g/mol. The smallest absolute Gasteiger partial charge is 0.347 e. The number of nitrogens with two attached hydrogens (primary N) is 2. The number of nitrogen functional groups attached to an aromatic ring is 2. The minimum absolute atomic E-state index is 0.00890. The van der Waals surface area contributed by atoms with Gasteiger partial charge in [-0.3, -0.25) is 24.1 Å². The molecule has 0 amide bonds. The molecule has 21 heteroatoms. The first-order valence-electron chi connectivity index (χ1n) is 14.8. The van der Waals surface area contributed by atoms with Crippen LogP contribution in [0, 0.1) is 6.92 Å². The van der Waals surface area contributed by atoms with Gasteiger partial charge in [0, 0.05) is 27.2 Å². The van der Waals surface area contributed by atoms with E-state index in [0.29, 0.717) is 21.7 Å². The third kappa shape index (κ3) is 7.46. The van der Waals surface area contributed by atoms with E-state index in [4.69, 9.17) is 17.0 Å². The van der Waals surface area contributed by atoms with Crippen LogP contribution in [0.3, 0.4) is 0 Å². The van der Waals surface area contributed by atoms with Crippen LogP contribution < -0.4 is 28.3 Å². The van der Waals surface area contributed by atoms with Crippen LogP contribution in [0.25, 0.3) is 43.9 Å². The van der Waals surface area contributed by atoms with Crippen LogP contribution in [0.4, 0.5) is 17.8 Å². The Labute approximate surface area is 286 Å². The van der Waals surface area contributed by atoms with Gasteiger partial charge in [0.05, 0.1) is 6.33 Å². The number of imidazole rings is 3. The maximum atomic E-state index is 11.7. The molecule has 0 saturated carbocycles. The monoisotopic (exact) mass is 739 g/mol. The van der Waals surface area contributed by atoms with Gasteiger partial charge in [-0.1, -0.05) is 0 Å². The molecule has 0 aliphatic heterocycles. The predicted molar refractivity (Wildman–Crippen MR) is 190 cm³/mol. The normalized spacial score (nSPS) is 12.0. The van der Waals surface area contributed by atoms with Crippen molar-refractivity contribution in [3.05, 3.63) is 58.4 Å². The van der Waals surface area contributed by atoms with Crippen molar-refractivity contribution in [1.29, 1.82) is 0 Å². The molecular formula is C28H38BrN17O3. The second-order valence-corrected chi connectivity index (χ2v) is 14.6. The lowest BCUT2D eigenvalue weighted by Crippen LogP contribution is -2.23. The van der Waals surface area contributed by atoms with E-state index in [-0.39, 0.29) is 51.2 Å². The van der Waals surface area contributed by atoms with Gasteiger partial charge in [0.25, 0.3) is 11.1 Å². The number of aryl methyl sites for hydroxylation is 1. The molecule has 6 aromatic rings. The number of hydrogen-bond donors (Lipinski definition) is 5. The van der Waals surface area contributed by atoms with Crippen molar-refractivity contribution in [3.8, 4) is 0 Å². The number of fused-ring (bicyclic) bond motifs is 3. The summed E-state index contributed by atoms with van der Waals surface area (Å²) in [7, 11) is 0. The summed E-state index contributed by atoms with van der Waals surface area (Å²) in [4.78, 5) is 69.2. The van der Waals surface area contributed by atoms with Crippen LogP contribution in [0.1, 0.15) is 68.0 Å². The van der Waals surface area contributed by atoms with E-state index in [9.17, 15) is 14.4 Å². The van der Waals surface area contributed by atoms with E-state index in [1.807, 2.05) is 78.4 Å². The summed E-state index contributed by atoms with van der Waals surface area (Å²) in [5.41, 5.74) is 21.0. The number of H-pyrrole nitrogens is 3. The summed E-state index contributed by atoms with van der Waals surface area (Å²) in [5, 5.41) is 3.48. The Bertz CT molecular complexity index is 2420. The summed E-state index contributed by atoms with van der Waals surface area (Å²) in [5.74, 6) is 0.171. The van der Waals surface area contributed by atoms with Crippen molar-refractivity contribution < 1.29 is 0 Å². The van der Waals surface area contributed by atoms with Gasteiger partial charge >= 0.3 is 5.69 Å². The van der Waals surface area contributed by atoms with Crippen LogP contribution in [0.5, 0.6) is 0 Å². The molecule has 0 aliphatic rings. The highest BCUT2D eigenvalue weighted by molar-refractivity contribution is 9.10. The summed E-state index contributed by atoms with van der Waals surface area (Å²) >= 11 is 3.32. The molecule has 260 valence electrons. The van der Waals surface area contributed by atoms with Crippen LogP contribution in [-0.2, 0) is 16.6 Å². The maximum absolute atomic E-state index is 11.7. The standard InChI is InChI=1S/C10H14N4O.C9H12BrN5O.C9H12N8O/c1-6-7-8(13-9(15)12-6)14(5-11-7)10(2,3)4;1-9(2,3)15-5-4(12-7(15)10)6(16)14-8(11)13-5;1-9(2,3)17-5-4(12-8(17)15-16-11)6(18)14-7(10)13-5/h5H,1-4H3,(H,12,13,15);1-3H3,(H3,11,13,14,16);1-3H3,(H3,10,13,14,18). The number of nitrogens with zero attached hydrogens (tertiary/aromatic N) is 12. The fourth-order valence-electron chi connectivity index (χ4n) is 4.80. The first kappa shape index (κ1) is 36.3. The van der Waals surface area contributed by atoms with Gasteiger partial charge in [0.1, 0.15) is 5.52 Å². The maximum Gasteiger partial charge on any atom is 0.347 e. The number of halogens is 1. The molecule has 20 nitrogen and oxygen atoms in total. The van der Waals surface area contributed by atoms with Gasteiger partial charge in [0.2, 0.25) is 11.9 Å². The molecule has 7 N–H and O–H groups in total. The number of rotatable bonds is 1. The zero-order valence-electron chi connectivity index (χ0n) is 28.7. The van der Waals surface area contributed by atoms with Gasteiger partial charge in [-0.2, -0.15) is 15.0 Å². The van der Waals surface area contributed by atoms with Crippen LogP contribution >= 0.6 is 15.9 Å². The summed E-state index contributed by atoms with van der Waals surface area (Å²) in [6.07, 6.45) is 1.72. The van der Waals surface area contributed by atoms with Crippen molar-refractivity contribution in [1.82, 2.24) is 58.6 Å². The molecule has 6 rings (SSSR count). The van der Waals surface area contributed by atoms with E-state index in [0.717, 1.165) is 11.2 Å². The number of aromatic nitrogens is 12. The molecule has 49 heavy (non-hydrogen) atoms. The molecule has 0 atom stereocenters. The Morgan fingerprint density at radius 3 is 1.73 bits per heavy atom. The molecule has 0 bridgehead atoms. The third-order valence-corrected chi connectivity index (χ3v) is 7.34. The van der Waals surface area contributed by atoms with E-state index >= 15 is 0 Å². The quantitative estimate of drug-likeness (QED) is 0.0699. The Balaban J connectivity index is 0.000000166. The topological polar surface area (TPSA) is 292 Å². The minimum Gasteiger partial charge on any atom is -0.369 e. The van der Waals surface area contributed by atoms with Crippen molar-refractivity contribution in [2.24, 2.45) is 5.11 Å². The summed E-state index contributed by atoms with van der Waals surface area (Å²) in [6, 6.07) is 0. The minimum atomic E-state index is -0.463. The highest BCUT2D eigenvalue weighted by Crippen LogP contribution is 2.28. The lowest BCUT2D eigenvalue weighted by Gasteiger charge is -2.22. The number of azide groups is 1. The van der Waals surface area contributed by atoms with Crippen molar-refractivity contribution in [3.63, 3.8) is 0 Å². The highest BCUT2D eigenvalue weighted by atomic mass is 79.9. The largest absolute Gasteiger partial charge is 0.369 e. The fourth-order valence-corrected chi connectivity index (χ4v) is 5.68. The summed E-state index contributed by atoms with van der Waals surface area (Å²) in [6.45, 7) is 19.6. The Hall–Kier alpha value is -5.56. The van der Waals surface area contributed by atoms with E-state index in [1.54, 1.807) is 10.9 Å². The SMILES string of the molecule is CC(C)(C)n1c(Br)nc2c(=O)[nH]c(N)nc21.CC(C)(C)n1c(N=[N+]=[N-])nc2c(=O)[nH]c(N)nc21.Cc1[nH]c(=O)nc2c1ncn2C(C)(C)C. The molecule has 0 fully saturated rings. The first-order valence-corrected chi connectivity index (χ1v) is 15.6. The number of anilines is 2. The highest BCUT2D eigenvalue weighted by Gasteiger charge is 2.25. The Kier molecular flexibility index (Phi) is 9.48. The molecule has 6 aromatic heterocycles. The molecule has 0 unspecified atom stereocenters. The van der Waals surface area contributed by atoms with E-state index < -0.39 is 11.1 Å². The fraction of sp³-hybridized carbons (Fsp3) is 0.464. The average Bonchev–Trinajstić information content (AvgIpc) is 3.62. The zero-order chi connectivity index (χ0) is 36.8. The molecule has 6 heterocycles. The van der Waals surface area contributed by atoms with Crippen molar-refractivity contribution in [2.75, 3.05) is 11.5 Å². The zero-order valence-corrected chi connectivity index (χ0v) is 30.3. The van der Waals surface area contributed by atoms with Crippen molar-refractivity contribution in [2.45, 2.75) is 85.9 Å². The second kappa shape index (κ2) is 12.8. The van der Waals surface area contributed by atoms with Crippen LogP contribution in [0.15, 0.2) is 30.6 Å². The Morgan fingerprint density at radius 1 is 0.735 bits per heavy atom. The van der Waals surface area contributed by atoms with Gasteiger partial charge in [-0.05, 0) is 95.8 Å². The number of aromatic amines is 3. The first-order chi connectivity index (χ1) is 22.5. The number of hydrogen-bond acceptors (Lipinski definition) is 12. The van der Waals surface area contributed by atoms with Gasteiger partial charge in [-0.15, -0.1) is 0 Å². The van der Waals surface area contributed by atoms with E-state index in [1.165, 1.54) is 0 Å². The molecule has 0 radical (unpaired) electrons. The van der Waals surface area contributed by atoms with Gasteiger partial charge in [0.15, 0.2) is 38.7 Å². The van der Waals surface area contributed by atoms with E-state index in [2.05, 4.69) is 70.8 Å². The molecule has 0 aliphatic carbocycles. The Morgan fingerprint density at radius 2 is 1.24 bits per heavy atom. The molecule has 0 saturated heterocycles. The number of nitrogens with one attached hydrogen (secondary N) is 3. The van der Waals surface area contributed by atoms with Gasteiger partial charge in [-0.25, -0.2) is 19.7 Å². The van der Waals surface area contributed by atoms with Crippen molar-refractivity contribution >= 4 is 67.3 Å². The average molecular weight is 741 g/mol. The lowest BCUT2D eigenvalue weighted by atomic mass is 10.1. The van der Waals surface area contributed by atoms with Crippen LogP contribution in [0.2, 0.25) is 0 Å². The second-order valence-electron chi connectivity index (χ2n) is 13.9. The molecule has 0 spiro atoms. The van der Waals surface area contributed by atoms with Crippen LogP contribution in [-0.4, -0.2) is 58.6 Å². The lowest BCUT2D eigenvalue weighted by molar-refractivity contribution is 0.398. The van der Waals surface area contributed by atoms with Gasteiger partial charge < -0.3 is 25.6 Å². The molecule has 0 aromatic carbocycles. The summed E-state index contributed by atoms with van der Waals surface area (Å²) < 4.78 is 5.88.